The maximum absolute atomic E-state index is 11.7. The summed E-state index contributed by atoms with van der Waals surface area (Å²) in [6.45, 7) is 0.265. The highest BCUT2D eigenvalue weighted by molar-refractivity contribution is 6.32. The summed E-state index contributed by atoms with van der Waals surface area (Å²) in [4.78, 5) is 31.6. The van der Waals surface area contributed by atoms with Crippen molar-refractivity contribution in [3.63, 3.8) is 0 Å². The van der Waals surface area contributed by atoms with Gasteiger partial charge in [0.15, 0.2) is 12.1 Å². The van der Waals surface area contributed by atoms with Gasteiger partial charge in [-0.15, -0.1) is 0 Å². The number of halogens is 1. The second-order valence-corrected chi connectivity index (χ2v) is 4.13. The van der Waals surface area contributed by atoms with Gasteiger partial charge in [0.05, 0.1) is 5.56 Å². The van der Waals surface area contributed by atoms with E-state index >= 15 is 0 Å². The Balaban J connectivity index is 2.38. The first-order chi connectivity index (χ1) is 8.17. The summed E-state index contributed by atoms with van der Waals surface area (Å²) in [6.07, 6.45) is 1.97. The van der Waals surface area contributed by atoms with Gasteiger partial charge in [-0.05, 0) is 0 Å². The van der Waals surface area contributed by atoms with E-state index in [1.54, 1.807) is 0 Å². The van der Waals surface area contributed by atoms with Crippen molar-refractivity contribution in [3.8, 4) is 0 Å². The molecule has 6 nitrogen and oxygen atoms in total. The molecule has 0 saturated carbocycles. The number of amides is 1. The smallest absolute Gasteiger partial charge is 0.228 e. The van der Waals surface area contributed by atoms with Gasteiger partial charge in [-0.2, -0.15) is 0 Å². The SMILES string of the molecule is O=Cc1c(Cl)ncnc1N1CC(CO)CC1=O. The van der Waals surface area contributed by atoms with Crippen molar-refractivity contribution in [2.45, 2.75) is 6.42 Å². The number of hydrogen-bond donors (Lipinski definition) is 1. The Morgan fingerprint density at radius 2 is 2.35 bits per heavy atom. The van der Waals surface area contributed by atoms with Crippen LogP contribution in [0.2, 0.25) is 5.15 Å². The van der Waals surface area contributed by atoms with E-state index < -0.39 is 0 Å². The van der Waals surface area contributed by atoms with Crippen LogP contribution in [0.1, 0.15) is 16.8 Å². The van der Waals surface area contributed by atoms with Gasteiger partial charge in [0.1, 0.15) is 11.5 Å². The molecule has 1 fully saturated rings. The van der Waals surface area contributed by atoms with E-state index in [1.165, 1.54) is 11.2 Å². The fourth-order valence-corrected chi connectivity index (χ4v) is 1.96. The normalized spacial score (nSPS) is 19.8. The highest BCUT2D eigenvalue weighted by atomic mass is 35.5. The maximum Gasteiger partial charge on any atom is 0.228 e. The fourth-order valence-electron chi connectivity index (χ4n) is 1.79. The van der Waals surface area contributed by atoms with Crippen LogP contribution in [0.15, 0.2) is 6.33 Å². The van der Waals surface area contributed by atoms with Gasteiger partial charge in [-0.3, -0.25) is 14.5 Å². The van der Waals surface area contributed by atoms with Crippen LogP contribution in [-0.4, -0.2) is 40.4 Å². The van der Waals surface area contributed by atoms with E-state index in [0.717, 1.165) is 0 Å². The number of rotatable bonds is 3. The fraction of sp³-hybridized carbons (Fsp3) is 0.400. The predicted octanol–water partition coefficient (Wildman–Crippen LogP) is 0.288. The monoisotopic (exact) mass is 255 g/mol. The predicted molar refractivity (Wildman–Crippen MR) is 60.0 cm³/mol. The third-order valence-corrected chi connectivity index (χ3v) is 2.95. The molecule has 17 heavy (non-hydrogen) atoms. The number of carbonyl (C=O) groups excluding carboxylic acids is 2. The second kappa shape index (κ2) is 4.77. The molecule has 90 valence electrons. The molecule has 7 heteroatoms. The van der Waals surface area contributed by atoms with Crippen LogP contribution in [0.25, 0.3) is 0 Å². The highest BCUT2D eigenvalue weighted by Gasteiger charge is 2.32. The minimum atomic E-state index is -0.179. The van der Waals surface area contributed by atoms with Crippen molar-refractivity contribution >= 4 is 29.6 Å². The number of hydrogen-bond acceptors (Lipinski definition) is 5. The summed E-state index contributed by atoms with van der Waals surface area (Å²) in [6, 6.07) is 0. The molecule has 0 aromatic carbocycles. The Morgan fingerprint density at radius 3 is 2.94 bits per heavy atom. The number of aliphatic hydroxyl groups excluding tert-OH is 1. The molecule has 1 amide bonds. The Labute approximate surface area is 102 Å². The molecular formula is C10H10ClN3O3. The van der Waals surface area contributed by atoms with Gasteiger partial charge < -0.3 is 5.11 Å². The molecule has 0 bridgehead atoms. The van der Waals surface area contributed by atoms with E-state index in [0.29, 0.717) is 12.8 Å². The maximum atomic E-state index is 11.7. The molecular weight excluding hydrogens is 246 g/mol. The molecule has 1 atom stereocenters. The molecule has 1 saturated heterocycles. The standard InChI is InChI=1S/C10H10ClN3O3/c11-9-7(4-16)10(13-5-12-9)14-2-6(3-15)1-8(14)17/h4-6,15H,1-3H2. The van der Waals surface area contributed by atoms with Crippen LogP contribution in [0.5, 0.6) is 0 Å². The van der Waals surface area contributed by atoms with Crippen LogP contribution in [0.4, 0.5) is 5.82 Å². The van der Waals surface area contributed by atoms with Gasteiger partial charge in [0, 0.05) is 25.5 Å². The number of carbonyl (C=O) groups is 2. The molecule has 1 aromatic heterocycles. The van der Waals surface area contributed by atoms with Gasteiger partial charge in [-0.25, -0.2) is 9.97 Å². The lowest BCUT2D eigenvalue weighted by molar-refractivity contribution is -0.117. The summed E-state index contributed by atoms with van der Waals surface area (Å²) >= 11 is 5.76. The lowest BCUT2D eigenvalue weighted by Gasteiger charge is -2.16. The van der Waals surface area contributed by atoms with Crippen LogP contribution < -0.4 is 4.90 Å². The van der Waals surface area contributed by atoms with E-state index in [2.05, 4.69) is 9.97 Å². The van der Waals surface area contributed by atoms with Gasteiger partial charge >= 0.3 is 0 Å². The van der Waals surface area contributed by atoms with Crippen molar-refractivity contribution < 1.29 is 14.7 Å². The Bertz CT molecular complexity index is 466. The Hall–Kier alpha value is -1.53. The summed E-state index contributed by atoms with van der Waals surface area (Å²) in [5, 5.41) is 9.04. The number of aromatic nitrogens is 2. The molecule has 1 unspecified atom stereocenters. The third kappa shape index (κ3) is 2.13. The first-order valence-corrected chi connectivity index (χ1v) is 5.42. The molecule has 1 aromatic rings. The Morgan fingerprint density at radius 1 is 1.59 bits per heavy atom. The number of nitrogens with zero attached hydrogens (tertiary/aromatic N) is 3. The van der Waals surface area contributed by atoms with E-state index in [4.69, 9.17) is 16.7 Å². The van der Waals surface area contributed by atoms with Crippen molar-refractivity contribution in [3.05, 3.63) is 17.0 Å². The van der Waals surface area contributed by atoms with Crippen molar-refractivity contribution in [2.24, 2.45) is 5.92 Å². The van der Waals surface area contributed by atoms with E-state index in [-0.39, 0.29) is 41.4 Å². The molecule has 1 aliphatic rings. The molecule has 0 aliphatic carbocycles. The molecule has 1 aliphatic heterocycles. The quantitative estimate of drug-likeness (QED) is 0.620. The van der Waals surface area contributed by atoms with Crippen LogP contribution >= 0.6 is 11.6 Å². The molecule has 0 radical (unpaired) electrons. The zero-order valence-electron chi connectivity index (χ0n) is 8.84. The molecule has 1 N–H and O–H groups in total. The zero-order valence-corrected chi connectivity index (χ0v) is 9.59. The topological polar surface area (TPSA) is 83.4 Å². The van der Waals surface area contributed by atoms with Gasteiger partial charge in [-0.1, -0.05) is 11.6 Å². The largest absolute Gasteiger partial charge is 0.396 e. The van der Waals surface area contributed by atoms with E-state index in [9.17, 15) is 9.59 Å². The minimum absolute atomic E-state index is 0.0187. The van der Waals surface area contributed by atoms with Crippen molar-refractivity contribution in [2.75, 3.05) is 18.1 Å². The lowest BCUT2D eigenvalue weighted by Crippen LogP contribution is -2.27. The number of aliphatic hydroxyl groups is 1. The van der Waals surface area contributed by atoms with Crippen LogP contribution in [0, 0.1) is 5.92 Å². The summed E-state index contributed by atoms with van der Waals surface area (Å²) in [5.41, 5.74) is 0.0982. The average Bonchev–Trinajstić information content (AvgIpc) is 2.70. The van der Waals surface area contributed by atoms with Crippen molar-refractivity contribution in [1.82, 2.24) is 9.97 Å². The average molecular weight is 256 g/mol. The first-order valence-electron chi connectivity index (χ1n) is 5.04. The zero-order chi connectivity index (χ0) is 12.4. The van der Waals surface area contributed by atoms with Crippen LogP contribution in [0.3, 0.4) is 0 Å². The van der Waals surface area contributed by atoms with Gasteiger partial charge in [0.2, 0.25) is 5.91 Å². The highest BCUT2D eigenvalue weighted by Crippen LogP contribution is 2.27. The number of anilines is 1. The van der Waals surface area contributed by atoms with E-state index in [1.807, 2.05) is 0 Å². The molecule has 2 heterocycles. The third-order valence-electron chi connectivity index (χ3n) is 2.65. The summed E-state index contributed by atoms with van der Waals surface area (Å²) in [7, 11) is 0. The number of aldehydes is 1. The van der Waals surface area contributed by atoms with Crippen LogP contribution in [-0.2, 0) is 4.79 Å². The molecule has 0 spiro atoms. The first kappa shape index (κ1) is 11.9. The molecule has 2 rings (SSSR count). The van der Waals surface area contributed by atoms with Crippen molar-refractivity contribution in [1.29, 1.82) is 0 Å². The Kier molecular flexibility index (Phi) is 3.35. The summed E-state index contributed by atoms with van der Waals surface area (Å²) in [5.74, 6) is -0.0985. The lowest BCUT2D eigenvalue weighted by atomic mass is 10.1. The minimum Gasteiger partial charge on any atom is -0.396 e. The second-order valence-electron chi connectivity index (χ2n) is 3.78. The van der Waals surface area contributed by atoms with Gasteiger partial charge in [0.25, 0.3) is 0 Å². The summed E-state index contributed by atoms with van der Waals surface area (Å²) < 4.78 is 0.